The van der Waals surface area contributed by atoms with Crippen LogP contribution in [-0.4, -0.2) is 41.2 Å². The molecule has 0 aromatic heterocycles. The number of carbonyl (C=O) groups is 3. The Hall–Kier alpha value is -3.14. The van der Waals surface area contributed by atoms with Crippen LogP contribution in [0.25, 0.3) is 0 Å². The van der Waals surface area contributed by atoms with Crippen molar-refractivity contribution in [3.8, 4) is 6.07 Å². The summed E-state index contributed by atoms with van der Waals surface area (Å²) in [5.74, 6) is -1.68. The van der Waals surface area contributed by atoms with Crippen LogP contribution in [0.15, 0.2) is 36.4 Å². The topological polar surface area (TPSA) is 102 Å². The molecule has 1 aromatic carbocycles. The van der Waals surface area contributed by atoms with E-state index in [1.165, 1.54) is 4.90 Å². The van der Waals surface area contributed by atoms with E-state index in [4.69, 9.17) is 0 Å². The van der Waals surface area contributed by atoms with Crippen LogP contribution in [0.1, 0.15) is 31.2 Å². The van der Waals surface area contributed by atoms with Crippen LogP contribution < -0.4 is 10.6 Å². The van der Waals surface area contributed by atoms with Crippen LogP contribution in [0.2, 0.25) is 0 Å². The van der Waals surface area contributed by atoms with Crippen molar-refractivity contribution in [1.82, 2.24) is 10.2 Å². The first kappa shape index (κ1) is 17.3. The predicted octanol–water partition coefficient (Wildman–Crippen LogP) is 1.23. The molecule has 3 atom stereocenters. The number of likely N-dealkylation sites (tertiary alicyclic amines) is 1. The van der Waals surface area contributed by atoms with Crippen molar-refractivity contribution < 1.29 is 14.4 Å². The van der Waals surface area contributed by atoms with Gasteiger partial charge in [0.2, 0.25) is 5.91 Å². The summed E-state index contributed by atoms with van der Waals surface area (Å²) in [5.41, 5.74) is 0.510. The average Bonchev–Trinajstić information content (AvgIpc) is 3.21. The molecule has 138 valence electrons. The lowest BCUT2D eigenvalue weighted by Gasteiger charge is -2.24. The second-order valence-electron chi connectivity index (χ2n) is 7.32. The molecular formula is C20H20N4O3. The zero-order chi connectivity index (χ0) is 19.0. The van der Waals surface area contributed by atoms with E-state index >= 15 is 0 Å². The number of fused-ring (bicyclic) bond motifs is 2. The number of rotatable bonds is 1. The summed E-state index contributed by atoms with van der Waals surface area (Å²) in [5, 5.41) is 15.1. The van der Waals surface area contributed by atoms with Gasteiger partial charge < -0.3 is 15.5 Å². The molecule has 2 N–H and O–H groups in total. The molecule has 0 radical (unpaired) electrons. The number of benzene rings is 1. The zero-order valence-electron chi connectivity index (χ0n) is 14.8. The first-order chi connectivity index (χ1) is 13.0. The molecule has 1 saturated heterocycles. The number of hydrogen-bond acceptors (Lipinski definition) is 4. The van der Waals surface area contributed by atoms with Crippen molar-refractivity contribution in [2.24, 2.45) is 0 Å². The minimum Gasteiger partial charge on any atom is -0.345 e. The van der Waals surface area contributed by atoms with Gasteiger partial charge in [0.15, 0.2) is 0 Å². The van der Waals surface area contributed by atoms with Crippen LogP contribution in [0.5, 0.6) is 0 Å². The van der Waals surface area contributed by atoms with Crippen molar-refractivity contribution in [3.05, 3.63) is 42.0 Å². The maximum absolute atomic E-state index is 12.8. The van der Waals surface area contributed by atoms with Crippen LogP contribution in [0.4, 0.5) is 5.69 Å². The predicted molar refractivity (Wildman–Crippen MR) is 97.4 cm³/mol. The molecule has 1 aliphatic carbocycles. The first-order valence-corrected chi connectivity index (χ1v) is 9.12. The smallest absolute Gasteiger partial charge is 0.313 e. The number of nitrogens with zero attached hydrogens (tertiary/aromatic N) is 2. The molecule has 2 heterocycles. The lowest BCUT2D eigenvalue weighted by atomic mass is 9.80. The Morgan fingerprint density at radius 2 is 2.11 bits per heavy atom. The second kappa shape index (κ2) is 6.54. The van der Waals surface area contributed by atoms with E-state index in [1.807, 2.05) is 24.3 Å². The Morgan fingerprint density at radius 1 is 1.30 bits per heavy atom. The van der Waals surface area contributed by atoms with Gasteiger partial charge in [0.25, 0.3) is 0 Å². The fourth-order valence-electron chi connectivity index (χ4n) is 4.27. The molecule has 27 heavy (non-hydrogen) atoms. The minimum absolute atomic E-state index is 0.0326. The molecular weight excluding hydrogens is 344 g/mol. The summed E-state index contributed by atoms with van der Waals surface area (Å²) in [6.45, 7) is 0.0326. The molecule has 2 aliphatic heterocycles. The van der Waals surface area contributed by atoms with Crippen LogP contribution in [-0.2, 0) is 19.8 Å². The number of carbonyl (C=O) groups excluding carboxylic acids is 3. The number of anilines is 1. The summed E-state index contributed by atoms with van der Waals surface area (Å²) < 4.78 is 0. The van der Waals surface area contributed by atoms with Crippen molar-refractivity contribution in [1.29, 1.82) is 5.26 Å². The molecule has 4 rings (SSSR count). The molecule has 1 fully saturated rings. The highest BCUT2D eigenvalue weighted by Crippen LogP contribution is 2.46. The lowest BCUT2D eigenvalue weighted by Crippen LogP contribution is -2.49. The van der Waals surface area contributed by atoms with E-state index in [-0.39, 0.29) is 24.9 Å². The van der Waals surface area contributed by atoms with Crippen LogP contribution in [0, 0.1) is 11.3 Å². The Kier molecular flexibility index (Phi) is 4.19. The van der Waals surface area contributed by atoms with Gasteiger partial charge in [0.05, 0.1) is 11.5 Å². The Balaban J connectivity index is 1.56. The summed E-state index contributed by atoms with van der Waals surface area (Å²) in [7, 11) is 0. The second-order valence-corrected chi connectivity index (χ2v) is 7.32. The van der Waals surface area contributed by atoms with Gasteiger partial charge in [-0.1, -0.05) is 30.4 Å². The van der Waals surface area contributed by atoms with Gasteiger partial charge in [-0.15, -0.1) is 0 Å². The lowest BCUT2D eigenvalue weighted by molar-refractivity contribution is -0.146. The van der Waals surface area contributed by atoms with Crippen molar-refractivity contribution >= 4 is 23.4 Å². The van der Waals surface area contributed by atoms with Gasteiger partial charge in [0, 0.05) is 24.7 Å². The molecule has 1 unspecified atom stereocenters. The minimum atomic E-state index is -0.972. The number of para-hydroxylation sites is 1. The highest BCUT2D eigenvalue weighted by molar-refractivity contribution is 6.35. The van der Waals surface area contributed by atoms with E-state index < -0.39 is 23.3 Å². The molecule has 1 spiro atoms. The number of allylic oxidation sites excluding steroid dienone is 1. The van der Waals surface area contributed by atoms with Gasteiger partial charge in [-0.05, 0) is 30.9 Å². The third kappa shape index (κ3) is 2.78. The van der Waals surface area contributed by atoms with Gasteiger partial charge in [-0.25, -0.2) is 0 Å². The van der Waals surface area contributed by atoms with Gasteiger partial charge >= 0.3 is 11.8 Å². The molecule has 7 heteroatoms. The fourth-order valence-corrected chi connectivity index (χ4v) is 4.27. The zero-order valence-corrected chi connectivity index (χ0v) is 14.8. The van der Waals surface area contributed by atoms with Gasteiger partial charge in [0.1, 0.15) is 6.04 Å². The number of nitrogens with one attached hydrogen (secondary N) is 2. The molecule has 0 saturated carbocycles. The third-order valence-corrected chi connectivity index (χ3v) is 5.69. The SMILES string of the molecule is N#C[C@@H]1C[C@@]2(CN1C(=O)C(=O)NC1CC=CCC1)C(=O)Nc1ccccc12. The number of hydrogen-bond donors (Lipinski definition) is 2. The Bertz CT molecular complexity index is 887. The average molecular weight is 364 g/mol. The summed E-state index contributed by atoms with van der Waals surface area (Å²) >= 11 is 0. The molecule has 1 aromatic rings. The highest BCUT2D eigenvalue weighted by atomic mass is 16.2. The van der Waals surface area contributed by atoms with E-state index in [9.17, 15) is 19.6 Å². The van der Waals surface area contributed by atoms with E-state index in [0.29, 0.717) is 12.1 Å². The van der Waals surface area contributed by atoms with E-state index in [1.54, 1.807) is 6.07 Å². The summed E-state index contributed by atoms with van der Waals surface area (Å²) in [4.78, 5) is 39.2. The first-order valence-electron chi connectivity index (χ1n) is 9.12. The summed E-state index contributed by atoms with van der Waals surface area (Å²) in [6.07, 6.45) is 6.58. The normalized spacial score (nSPS) is 28.6. The van der Waals surface area contributed by atoms with Crippen molar-refractivity contribution in [3.63, 3.8) is 0 Å². The maximum atomic E-state index is 12.8. The molecule has 7 nitrogen and oxygen atoms in total. The van der Waals surface area contributed by atoms with Gasteiger partial charge in [-0.3, -0.25) is 14.4 Å². The summed E-state index contributed by atoms with van der Waals surface area (Å²) in [6, 6.07) is 8.50. The van der Waals surface area contributed by atoms with Crippen LogP contribution >= 0.6 is 0 Å². The van der Waals surface area contributed by atoms with Gasteiger partial charge in [-0.2, -0.15) is 5.26 Å². The molecule has 3 amide bonds. The Morgan fingerprint density at radius 3 is 2.85 bits per heavy atom. The third-order valence-electron chi connectivity index (χ3n) is 5.69. The molecule has 3 aliphatic rings. The molecule has 0 bridgehead atoms. The van der Waals surface area contributed by atoms with Crippen molar-refractivity contribution in [2.75, 3.05) is 11.9 Å². The van der Waals surface area contributed by atoms with Crippen LogP contribution in [0.3, 0.4) is 0 Å². The highest BCUT2D eigenvalue weighted by Gasteiger charge is 2.56. The van der Waals surface area contributed by atoms with E-state index in [2.05, 4.69) is 22.8 Å². The fraction of sp³-hybridized carbons (Fsp3) is 0.400. The van der Waals surface area contributed by atoms with E-state index in [0.717, 1.165) is 18.4 Å². The largest absolute Gasteiger partial charge is 0.345 e. The number of amides is 3. The Labute approximate surface area is 157 Å². The standard InChI is InChI=1S/C20H20N4O3/c21-11-14-10-20(15-8-4-5-9-16(15)23-19(20)27)12-24(14)18(26)17(25)22-13-6-2-1-3-7-13/h1-2,4-5,8-9,13-14H,3,6-7,10,12H2,(H,22,25)(H,23,27)/t13?,14-,20-/m0/s1. The monoisotopic (exact) mass is 364 g/mol. The number of nitriles is 1. The quantitative estimate of drug-likeness (QED) is 0.578. The van der Waals surface area contributed by atoms with Crippen molar-refractivity contribution in [2.45, 2.75) is 43.2 Å². The maximum Gasteiger partial charge on any atom is 0.313 e.